The summed E-state index contributed by atoms with van der Waals surface area (Å²) in [5.74, 6) is 1.13. The van der Waals surface area contributed by atoms with E-state index >= 15 is 0 Å². The quantitative estimate of drug-likeness (QED) is 0.862. The predicted octanol–water partition coefficient (Wildman–Crippen LogP) is 2.04. The monoisotopic (exact) mass is 317 g/mol. The van der Waals surface area contributed by atoms with Crippen molar-refractivity contribution in [3.63, 3.8) is 0 Å². The van der Waals surface area contributed by atoms with Crippen molar-refractivity contribution in [1.82, 2.24) is 9.88 Å². The normalized spacial score (nSPS) is 27.5. The number of halogens is 2. The molecule has 1 saturated heterocycles. The number of carbonyl (C=O) groups excluding carboxylic acids is 1. The number of amides is 1. The molecular formula is C14H21Cl2N3O. The summed E-state index contributed by atoms with van der Waals surface area (Å²) in [6.07, 6.45) is 5.78. The summed E-state index contributed by atoms with van der Waals surface area (Å²) in [6, 6.07) is 2.11. The molecule has 0 aromatic carbocycles. The smallest absolute Gasteiger partial charge is 0.254 e. The molecule has 1 aliphatic carbocycles. The van der Waals surface area contributed by atoms with Crippen LogP contribution in [0, 0.1) is 18.8 Å². The minimum Gasteiger partial charge on any atom is -0.338 e. The van der Waals surface area contributed by atoms with Gasteiger partial charge >= 0.3 is 0 Å². The van der Waals surface area contributed by atoms with Crippen LogP contribution in [0.15, 0.2) is 18.5 Å². The SMILES string of the molecule is Cc1cnccc1C(=O)N1C[C@H]2CC[C@@H](C1)C2N.Cl.Cl. The lowest BCUT2D eigenvalue weighted by atomic mass is 9.92. The first kappa shape index (κ1) is 17.2. The molecule has 4 nitrogen and oxygen atoms in total. The van der Waals surface area contributed by atoms with Gasteiger partial charge in [-0.25, -0.2) is 0 Å². The molecule has 3 rings (SSSR count). The molecule has 3 atom stereocenters. The van der Waals surface area contributed by atoms with Gasteiger partial charge in [0, 0.05) is 37.1 Å². The standard InChI is InChI=1S/C14H19N3O.2ClH/c1-9-6-16-5-4-12(9)14(18)17-7-10-2-3-11(8-17)13(10)15;;/h4-6,10-11,13H,2-3,7-8,15H2,1H3;2*1H/t10-,11+,13?;;. The van der Waals surface area contributed by atoms with Crippen LogP contribution in [0.2, 0.25) is 0 Å². The van der Waals surface area contributed by atoms with Crippen molar-refractivity contribution in [2.75, 3.05) is 13.1 Å². The van der Waals surface area contributed by atoms with Crippen LogP contribution in [0.1, 0.15) is 28.8 Å². The Balaban J connectivity index is 0.000001000. The van der Waals surface area contributed by atoms with Crippen molar-refractivity contribution in [3.8, 4) is 0 Å². The second kappa shape index (κ2) is 6.74. The summed E-state index contributed by atoms with van der Waals surface area (Å²) in [6.45, 7) is 3.57. The Hall–Kier alpha value is -0.840. The number of nitrogens with two attached hydrogens (primary N) is 1. The van der Waals surface area contributed by atoms with Gasteiger partial charge in [-0.2, -0.15) is 0 Å². The third kappa shape index (κ3) is 2.92. The summed E-state index contributed by atoms with van der Waals surface area (Å²) in [7, 11) is 0. The summed E-state index contributed by atoms with van der Waals surface area (Å²) < 4.78 is 0. The minimum atomic E-state index is 0. The fourth-order valence-electron chi connectivity index (χ4n) is 3.31. The van der Waals surface area contributed by atoms with Gasteiger partial charge in [-0.1, -0.05) is 0 Å². The Kier molecular flexibility index (Phi) is 5.80. The number of pyridine rings is 1. The number of piperidine rings is 1. The lowest BCUT2D eigenvalue weighted by Gasteiger charge is -2.36. The summed E-state index contributed by atoms with van der Waals surface area (Å²) in [5, 5.41) is 0. The van der Waals surface area contributed by atoms with E-state index in [4.69, 9.17) is 5.73 Å². The van der Waals surface area contributed by atoms with Crippen molar-refractivity contribution >= 4 is 30.7 Å². The van der Waals surface area contributed by atoms with Crippen LogP contribution < -0.4 is 5.73 Å². The zero-order valence-electron chi connectivity index (χ0n) is 11.5. The third-order valence-corrected chi connectivity index (χ3v) is 4.44. The zero-order chi connectivity index (χ0) is 12.7. The van der Waals surface area contributed by atoms with E-state index in [-0.39, 0.29) is 30.7 Å². The highest BCUT2D eigenvalue weighted by atomic mass is 35.5. The number of aromatic nitrogens is 1. The number of aryl methyl sites for hydroxylation is 1. The van der Waals surface area contributed by atoms with Gasteiger partial charge in [0.2, 0.25) is 0 Å². The lowest BCUT2D eigenvalue weighted by Crippen LogP contribution is -2.50. The molecule has 112 valence electrons. The van der Waals surface area contributed by atoms with E-state index in [1.807, 2.05) is 17.9 Å². The molecular weight excluding hydrogens is 297 g/mol. The first-order valence-electron chi connectivity index (χ1n) is 6.62. The van der Waals surface area contributed by atoms with Crippen molar-refractivity contribution < 1.29 is 4.79 Å². The number of carbonyl (C=O) groups is 1. The zero-order valence-corrected chi connectivity index (χ0v) is 13.1. The maximum atomic E-state index is 12.5. The van der Waals surface area contributed by atoms with Gasteiger partial charge < -0.3 is 10.6 Å². The lowest BCUT2D eigenvalue weighted by molar-refractivity contribution is 0.0636. The molecule has 2 heterocycles. The Morgan fingerprint density at radius 1 is 1.30 bits per heavy atom. The molecule has 6 heteroatoms. The fraction of sp³-hybridized carbons (Fsp3) is 0.571. The van der Waals surface area contributed by atoms with Crippen LogP contribution >= 0.6 is 24.8 Å². The van der Waals surface area contributed by atoms with E-state index in [2.05, 4.69) is 4.98 Å². The van der Waals surface area contributed by atoms with Crippen LogP contribution in [0.3, 0.4) is 0 Å². The number of fused-ring (bicyclic) bond motifs is 2. The van der Waals surface area contributed by atoms with Gasteiger partial charge in [0.15, 0.2) is 0 Å². The van der Waals surface area contributed by atoms with Crippen LogP contribution in [0.4, 0.5) is 0 Å². The molecule has 1 unspecified atom stereocenters. The van der Waals surface area contributed by atoms with E-state index in [1.54, 1.807) is 12.4 Å². The molecule has 20 heavy (non-hydrogen) atoms. The van der Waals surface area contributed by atoms with Gasteiger partial charge in [0.25, 0.3) is 5.91 Å². The van der Waals surface area contributed by atoms with Gasteiger partial charge in [0.05, 0.1) is 0 Å². The molecule has 2 bridgehead atoms. The van der Waals surface area contributed by atoms with Crippen LogP contribution in [0.5, 0.6) is 0 Å². The molecule has 1 amide bonds. The number of hydrogen-bond donors (Lipinski definition) is 1. The minimum absolute atomic E-state index is 0. The first-order chi connectivity index (χ1) is 8.66. The van der Waals surface area contributed by atoms with Gasteiger partial charge in [0.1, 0.15) is 0 Å². The second-order valence-corrected chi connectivity index (χ2v) is 5.58. The van der Waals surface area contributed by atoms with E-state index in [0.29, 0.717) is 17.9 Å². The van der Waals surface area contributed by atoms with E-state index in [1.165, 1.54) is 12.8 Å². The van der Waals surface area contributed by atoms with E-state index in [9.17, 15) is 4.79 Å². The molecule has 1 saturated carbocycles. The Morgan fingerprint density at radius 2 is 1.90 bits per heavy atom. The average molecular weight is 318 g/mol. The van der Waals surface area contributed by atoms with Gasteiger partial charge in [-0.15, -0.1) is 24.8 Å². The van der Waals surface area contributed by atoms with Gasteiger partial charge in [-0.05, 0) is 43.2 Å². The van der Waals surface area contributed by atoms with E-state index in [0.717, 1.165) is 24.2 Å². The number of hydrogen-bond acceptors (Lipinski definition) is 3. The van der Waals surface area contributed by atoms with Crippen molar-refractivity contribution in [1.29, 1.82) is 0 Å². The Labute approximate surface area is 131 Å². The maximum Gasteiger partial charge on any atom is 0.254 e. The summed E-state index contributed by atoms with van der Waals surface area (Å²) in [5.41, 5.74) is 7.89. The molecule has 1 aliphatic heterocycles. The van der Waals surface area contributed by atoms with Crippen molar-refractivity contribution in [3.05, 3.63) is 29.6 Å². The summed E-state index contributed by atoms with van der Waals surface area (Å²) in [4.78, 5) is 18.5. The molecule has 2 fully saturated rings. The number of nitrogens with zero attached hydrogens (tertiary/aromatic N) is 2. The highest BCUT2D eigenvalue weighted by Crippen LogP contribution is 2.36. The second-order valence-electron chi connectivity index (χ2n) is 5.58. The highest BCUT2D eigenvalue weighted by molar-refractivity contribution is 5.95. The third-order valence-electron chi connectivity index (χ3n) is 4.44. The Morgan fingerprint density at radius 3 is 2.45 bits per heavy atom. The molecule has 2 aliphatic rings. The van der Waals surface area contributed by atoms with Crippen LogP contribution in [0.25, 0.3) is 0 Å². The Bertz CT molecular complexity index is 469. The van der Waals surface area contributed by atoms with Crippen molar-refractivity contribution in [2.45, 2.75) is 25.8 Å². The van der Waals surface area contributed by atoms with E-state index < -0.39 is 0 Å². The molecule has 1 aromatic rings. The topological polar surface area (TPSA) is 59.2 Å². The maximum absolute atomic E-state index is 12.5. The van der Waals surface area contributed by atoms with Crippen LogP contribution in [-0.2, 0) is 0 Å². The van der Waals surface area contributed by atoms with Crippen LogP contribution in [-0.4, -0.2) is 34.9 Å². The molecule has 0 radical (unpaired) electrons. The first-order valence-corrected chi connectivity index (χ1v) is 6.62. The van der Waals surface area contributed by atoms with Gasteiger partial charge in [-0.3, -0.25) is 9.78 Å². The molecule has 2 N–H and O–H groups in total. The summed E-state index contributed by atoms with van der Waals surface area (Å²) >= 11 is 0. The number of likely N-dealkylation sites (tertiary alicyclic amines) is 1. The average Bonchev–Trinajstić information content (AvgIpc) is 2.61. The largest absolute Gasteiger partial charge is 0.338 e. The van der Waals surface area contributed by atoms with Crippen molar-refractivity contribution in [2.24, 2.45) is 17.6 Å². The number of rotatable bonds is 1. The molecule has 1 aromatic heterocycles. The highest BCUT2D eigenvalue weighted by Gasteiger charge is 2.41. The fourth-order valence-corrected chi connectivity index (χ4v) is 3.31. The molecule has 0 spiro atoms. The predicted molar refractivity (Wildman–Crippen MR) is 83.6 cm³/mol.